The summed E-state index contributed by atoms with van der Waals surface area (Å²) in [6.45, 7) is -0.822. The number of fused-ring (bicyclic) bond motifs is 1. The van der Waals surface area contributed by atoms with Gasteiger partial charge >= 0.3 is 0 Å². The number of benzene rings is 1. The highest BCUT2D eigenvalue weighted by atomic mass is 19.1. The van der Waals surface area contributed by atoms with Gasteiger partial charge in [-0.3, -0.25) is 14.9 Å². The molecule has 2 rings (SSSR count). The minimum Gasteiger partial charge on any atom is -0.306 e. The molecular weight excluding hydrogens is 203 g/mol. The van der Waals surface area contributed by atoms with Crippen molar-refractivity contribution in [1.82, 2.24) is 4.90 Å². The molecule has 0 aromatic heterocycles. The van der Waals surface area contributed by atoms with Gasteiger partial charge in [0, 0.05) is 12.6 Å². The first-order valence-corrected chi connectivity index (χ1v) is 4.26. The smallest absolute Gasteiger partial charge is 0.282 e. The van der Waals surface area contributed by atoms with Crippen LogP contribution in [0.2, 0.25) is 0 Å². The molecule has 0 unspecified atom stereocenters. The van der Waals surface area contributed by atoms with Crippen molar-refractivity contribution in [2.24, 2.45) is 0 Å². The number of nitro groups is 1. The number of halogens is 1. The summed E-state index contributed by atoms with van der Waals surface area (Å²) in [6, 6.07) is 4.33. The standard InChI is InChI=1S/C9H7FN2O3/c10-5-11-4-6-2-1-3-7(12(14)15)8(6)9(11)13/h1-3H,4-5H2. The molecule has 5 nitrogen and oxygen atoms in total. The number of carbonyl (C=O) groups excluding carboxylic acids is 1. The number of alkyl halides is 1. The Hall–Kier alpha value is -1.98. The van der Waals surface area contributed by atoms with Crippen LogP contribution in [-0.2, 0) is 6.54 Å². The first kappa shape index (κ1) is 9.57. The molecule has 0 radical (unpaired) electrons. The maximum Gasteiger partial charge on any atom is 0.282 e. The number of hydrogen-bond acceptors (Lipinski definition) is 3. The van der Waals surface area contributed by atoms with Crippen molar-refractivity contribution in [3.63, 3.8) is 0 Å². The summed E-state index contributed by atoms with van der Waals surface area (Å²) in [4.78, 5) is 22.5. The summed E-state index contributed by atoms with van der Waals surface area (Å²) in [7, 11) is 0. The zero-order chi connectivity index (χ0) is 11.0. The molecule has 1 aromatic carbocycles. The Bertz CT molecular complexity index is 447. The number of carbonyl (C=O) groups is 1. The molecule has 0 spiro atoms. The Balaban J connectivity index is 2.55. The van der Waals surface area contributed by atoms with Crippen LogP contribution in [0, 0.1) is 10.1 Å². The molecule has 0 fully saturated rings. The molecule has 0 saturated heterocycles. The molecule has 6 heteroatoms. The van der Waals surface area contributed by atoms with E-state index in [9.17, 15) is 19.3 Å². The van der Waals surface area contributed by atoms with Gasteiger partial charge in [-0.25, -0.2) is 4.39 Å². The van der Waals surface area contributed by atoms with Gasteiger partial charge in [0.2, 0.25) is 0 Å². The number of rotatable bonds is 2. The summed E-state index contributed by atoms with van der Waals surface area (Å²) in [6.07, 6.45) is 0. The Morgan fingerprint density at radius 3 is 2.87 bits per heavy atom. The van der Waals surface area contributed by atoms with E-state index in [4.69, 9.17) is 0 Å². The Morgan fingerprint density at radius 1 is 1.53 bits per heavy atom. The number of amides is 1. The zero-order valence-corrected chi connectivity index (χ0v) is 7.64. The van der Waals surface area contributed by atoms with Crippen LogP contribution >= 0.6 is 0 Å². The van der Waals surface area contributed by atoms with Crippen LogP contribution in [0.25, 0.3) is 0 Å². The van der Waals surface area contributed by atoms with Crippen molar-refractivity contribution >= 4 is 11.6 Å². The molecule has 0 saturated carbocycles. The lowest BCUT2D eigenvalue weighted by Gasteiger charge is -2.07. The molecule has 1 heterocycles. The van der Waals surface area contributed by atoms with Crippen LogP contribution in [0.15, 0.2) is 18.2 Å². The third kappa shape index (κ3) is 1.34. The van der Waals surface area contributed by atoms with E-state index in [2.05, 4.69) is 0 Å². The third-order valence-corrected chi connectivity index (χ3v) is 2.33. The van der Waals surface area contributed by atoms with Gasteiger partial charge in [0.1, 0.15) is 5.56 Å². The minimum absolute atomic E-state index is 0.0140. The second-order valence-electron chi connectivity index (χ2n) is 3.19. The average molecular weight is 210 g/mol. The van der Waals surface area contributed by atoms with Crippen LogP contribution < -0.4 is 0 Å². The molecular formula is C9H7FN2O3. The predicted octanol–water partition coefficient (Wildman–Crippen LogP) is 1.48. The highest BCUT2D eigenvalue weighted by molar-refractivity contribution is 6.02. The van der Waals surface area contributed by atoms with E-state index in [1.165, 1.54) is 12.1 Å². The fraction of sp³-hybridized carbons (Fsp3) is 0.222. The SMILES string of the molecule is O=C1c2c(cccc2[N+](=O)[O-])CN1CF. The molecule has 78 valence electrons. The minimum atomic E-state index is -0.926. The zero-order valence-electron chi connectivity index (χ0n) is 7.64. The van der Waals surface area contributed by atoms with Crippen molar-refractivity contribution in [3.8, 4) is 0 Å². The van der Waals surface area contributed by atoms with E-state index in [-0.39, 0.29) is 17.8 Å². The third-order valence-electron chi connectivity index (χ3n) is 2.33. The van der Waals surface area contributed by atoms with Crippen LogP contribution in [0.4, 0.5) is 10.1 Å². The highest BCUT2D eigenvalue weighted by Gasteiger charge is 2.33. The second-order valence-corrected chi connectivity index (χ2v) is 3.19. The lowest BCUT2D eigenvalue weighted by molar-refractivity contribution is -0.385. The van der Waals surface area contributed by atoms with Crippen molar-refractivity contribution in [1.29, 1.82) is 0 Å². The molecule has 1 amide bonds. The van der Waals surface area contributed by atoms with Crippen LogP contribution in [-0.4, -0.2) is 22.5 Å². The Kier molecular flexibility index (Phi) is 2.11. The Labute approximate surface area is 84.3 Å². The fourth-order valence-corrected chi connectivity index (χ4v) is 1.65. The number of nitrogens with zero attached hydrogens (tertiary/aromatic N) is 2. The molecule has 0 atom stereocenters. The quantitative estimate of drug-likeness (QED) is 0.422. The first-order chi connectivity index (χ1) is 7.15. The van der Waals surface area contributed by atoms with Crippen LogP contribution in [0.1, 0.15) is 15.9 Å². The lowest BCUT2D eigenvalue weighted by atomic mass is 10.1. The summed E-state index contributed by atoms with van der Waals surface area (Å²) < 4.78 is 12.4. The van der Waals surface area contributed by atoms with Crippen LogP contribution in [0.3, 0.4) is 0 Å². The topological polar surface area (TPSA) is 63.4 Å². The molecule has 0 bridgehead atoms. The van der Waals surface area contributed by atoms with Gasteiger partial charge in [-0.2, -0.15) is 0 Å². The summed E-state index contributed by atoms with van der Waals surface area (Å²) in [5.74, 6) is -0.611. The molecule has 1 aliphatic heterocycles. The number of hydrogen-bond donors (Lipinski definition) is 0. The molecule has 15 heavy (non-hydrogen) atoms. The van der Waals surface area contributed by atoms with Gasteiger partial charge in [0.05, 0.1) is 4.92 Å². The van der Waals surface area contributed by atoms with Crippen molar-refractivity contribution in [3.05, 3.63) is 39.4 Å². The van der Waals surface area contributed by atoms with Crippen molar-refractivity contribution in [2.75, 3.05) is 6.80 Å². The summed E-state index contributed by atoms with van der Waals surface area (Å²) >= 11 is 0. The predicted molar refractivity (Wildman–Crippen MR) is 48.9 cm³/mol. The maximum absolute atomic E-state index is 12.4. The molecule has 0 aliphatic carbocycles. The largest absolute Gasteiger partial charge is 0.306 e. The van der Waals surface area contributed by atoms with Gasteiger partial charge in [-0.05, 0) is 5.56 Å². The van der Waals surface area contributed by atoms with Gasteiger partial charge in [-0.15, -0.1) is 0 Å². The summed E-state index contributed by atoms with van der Waals surface area (Å²) in [5.41, 5.74) is 0.264. The lowest BCUT2D eigenvalue weighted by Crippen LogP contribution is -2.22. The van der Waals surface area contributed by atoms with E-state index in [0.29, 0.717) is 5.56 Å². The number of nitro benzene ring substituents is 1. The summed E-state index contributed by atoms with van der Waals surface area (Å²) in [5, 5.41) is 10.6. The Morgan fingerprint density at radius 2 is 2.27 bits per heavy atom. The highest BCUT2D eigenvalue weighted by Crippen LogP contribution is 2.30. The molecule has 1 aliphatic rings. The van der Waals surface area contributed by atoms with Gasteiger partial charge in [-0.1, -0.05) is 12.1 Å². The average Bonchev–Trinajstić information content (AvgIpc) is 2.55. The molecule has 0 N–H and O–H groups in total. The first-order valence-electron chi connectivity index (χ1n) is 4.26. The monoisotopic (exact) mass is 210 g/mol. The van der Waals surface area contributed by atoms with Crippen molar-refractivity contribution < 1.29 is 14.1 Å². The fourth-order valence-electron chi connectivity index (χ4n) is 1.65. The second kappa shape index (κ2) is 3.30. The maximum atomic E-state index is 12.4. The van der Waals surface area contributed by atoms with E-state index in [1.54, 1.807) is 6.07 Å². The van der Waals surface area contributed by atoms with Crippen molar-refractivity contribution in [2.45, 2.75) is 6.54 Å². The van der Waals surface area contributed by atoms with Gasteiger partial charge in [0.15, 0.2) is 6.80 Å². The normalized spacial score (nSPS) is 14.2. The van der Waals surface area contributed by atoms with Gasteiger partial charge in [0.25, 0.3) is 11.6 Å². The van der Waals surface area contributed by atoms with E-state index < -0.39 is 17.6 Å². The van der Waals surface area contributed by atoms with E-state index in [0.717, 1.165) is 4.90 Å². The molecule has 1 aromatic rings. The van der Waals surface area contributed by atoms with Gasteiger partial charge < -0.3 is 4.90 Å². The van der Waals surface area contributed by atoms with Crippen LogP contribution in [0.5, 0.6) is 0 Å². The van der Waals surface area contributed by atoms with E-state index in [1.807, 2.05) is 0 Å². The van der Waals surface area contributed by atoms with E-state index >= 15 is 0 Å².